The number of amides is 1. The molecule has 0 bridgehead atoms. The predicted octanol–water partition coefficient (Wildman–Crippen LogP) is 1.31. The largest absolute Gasteiger partial charge is 0.331 e. The number of hydrogen-bond acceptors (Lipinski definition) is 2. The number of benzene rings is 1. The van der Waals surface area contributed by atoms with Crippen LogP contribution in [0.4, 0.5) is 0 Å². The van der Waals surface area contributed by atoms with E-state index in [2.05, 4.69) is 0 Å². The number of ketones is 1. The number of likely N-dealkylation sites (tertiary alicyclic amines) is 1. The van der Waals surface area contributed by atoms with Crippen molar-refractivity contribution in [2.45, 2.75) is 6.42 Å². The molecule has 1 aliphatic heterocycles. The van der Waals surface area contributed by atoms with Crippen LogP contribution < -0.4 is 0 Å². The number of Topliss-reactive ketones (excluding diaryl/α,β-unsaturated/α-hetero) is 1. The molecule has 0 saturated carbocycles. The summed E-state index contributed by atoms with van der Waals surface area (Å²) in [5, 5.41) is 0. The number of rotatable bonds is 1. The number of carbonyl (C=O) groups is 2. The van der Waals surface area contributed by atoms with Crippen molar-refractivity contribution < 1.29 is 9.59 Å². The van der Waals surface area contributed by atoms with Crippen molar-refractivity contribution in [3.05, 3.63) is 42.3 Å². The highest BCUT2D eigenvalue weighted by atomic mass is 16.2. The maximum absolute atomic E-state index is 11.9. The van der Waals surface area contributed by atoms with Crippen molar-refractivity contribution >= 4 is 11.7 Å². The van der Waals surface area contributed by atoms with Crippen LogP contribution in [-0.4, -0.2) is 29.7 Å². The molecule has 1 heterocycles. The molecular formula is C12H12NO2. The van der Waals surface area contributed by atoms with E-state index in [4.69, 9.17) is 0 Å². The highest BCUT2D eigenvalue weighted by Crippen LogP contribution is 2.10. The standard InChI is InChI=1S/C12H12NO2/c14-11-7-4-8-13(9-11)12(15)10-5-2-1-3-6-10/h1-3,5-7H,4,8-9H2. The van der Waals surface area contributed by atoms with Crippen LogP contribution in [0.1, 0.15) is 16.8 Å². The molecule has 1 saturated heterocycles. The first-order valence-corrected chi connectivity index (χ1v) is 4.98. The van der Waals surface area contributed by atoms with Crippen LogP contribution in [0.3, 0.4) is 0 Å². The molecule has 1 radical (unpaired) electrons. The fourth-order valence-corrected chi connectivity index (χ4v) is 1.65. The number of piperidine rings is 1. The van der Waals surface area contributed by atoms with Gasteiger partial charge < -0.3 is 4.90 Å². The zero-order valence-electron chi connectivity index (χ0n) is 8.35. The molecule has 1 aliphatic rings. The molecule has 2 rings (SSSR count). The van der Waals surface area contributed by atoms with Gasteiger partial charge in [0, 0.05) is 18.5 Å². The van der Waals surface area contributed by atoms with Crippen molar-refractivity contribution in [2.24, 2.45) is 0 Å². The first kappa shape index (κ1) is 9.90. The fourth-order valence-electron chi connectivity index (χ4n) is 1.65. The van der Waals surface area contributed by atoms with Crippen LogP contribution in [0.5, 0.6) is 0 Å². The second-order valence-electron chi connectivity index (χ2n) is 3.55. The van der Waals surface area contributed by atoms with Gasteiger partial charge in [0.05, 0.1) is 6.54 Å². The smallest absolute Gasteiger partial charge is 0.254 e. The SMILES string of the molecule is O=C1[CH]CCN(C(=O)c2ccccc2)C1. The van der Waals surface area contributed by atoms with Crippen LogP contribution in [-0.2, 0) is 4.79 Å². The third kappa shape index (κ3) is 2.24. The Balaban J connectivity index is 2.11. The molecule has 0 atom stereocenters. The third-order valence-corrected chi connectivity index (χ3v) is 2.43. The number of nitrogens with zero attached hydrogens (tertiary/aromatic N) is 1. The zero-order valence-corrected chi connectivity index (χ0v) is 8.35. The lowest BCUT2D eigenvalue weighted by atomic mass is 10.1. The van der Waals surface area contributed by atoms with Crippen molar-refractivity contribution in [2.75, 3.05) is 13.1 Å². The quantitative estimate of drug-likeness (QED) is 0.688. The summed E-state index contributed by atoms with van der Waals surface area (Å²) in [5.41, 5.74) is 0.646. The molecule has 0 aromatic heterocycles. The topological polar surface area (TPSA) is 37.4 Å². The minimum Gasteiger partial charge on any atom is -0.331 e. The molecule has 1 aromatic carbocycles. The van der Waals surface area contributed by atoms with Crippen LogP contribution in [0.25, 0.3) is 0 Å². The molecule has 0 spiro atoms. The van der Waals surface area contributed by atoms with Gasteiger partial charge in [0.15, 0.2) is 5.78 Å². The van der Waals surface area contributed by atoms with E-state index in [-0.39, 0.29) is 18.2 Å². The predicted molar refractivity (Wildman–Crippen MR) is 56.3 cm³/mol. The molecule has 0 aliphatic carbocycles. The van der Waals surface area contributed by atoms with Gasteiger partial charge in [-0.05, 0) is 18.6 Å². The van der Waals surface area contributed by atoms with E-state index in [1.807, 2.05) is 18.2 Å². The van der Waals surface area contributed by atoms with Gasteiger partial charge in [-0.15, -0.1) is 0 Å². The van der Waals surface area contributed by atoms with Gasteiger partial charge in [-0.25, -0.2) is 0 Å². The van der Waals surface area contributed by atoms with E-state index >= 15 is 0 Å². The monoisotopic (exact) mass is 202 g/mol. The normalized spacial score (nSPS) is 16.5. The molecule has 15 heavy (non-hydrogen) atoms. The van der Waals surface area contributed by atoms with E-state index in [0.29, 0.717) is 18.5 Å². The lowest BCUT2D eigenvalue weighted by Gasteiger charge is -2.25. The minimum atomic E-state index is -0.0583. The van der Waals surface area contributed by atoms with Gasteiger partial charge in [0.1, 0.15) is 0 Å². The molecule has 3 nitrogen and oxygen atoms in total. The van der Waals surface area contributed by atoms with Crippen molar-refractivity contribution in [3.8, 4) is 0 Å². The van der Waals surface area contributed by atoms with Gasteiger partial charge in [-0.1, -0.05) is 18.2 Å². The summed E-state index contributed by atoms with van der Waals surface area (Å²) in [6.45, 7) is 0.854. The first-order chi connectivity index (χ1) is 7.27. The summed E-state index contributed by atoms with van der Waals surface area (Å²) in [5.74, 6) is -0.0254. The summed E-state index contributed by atoms with van der Waals surface area (Å²) in [6, 6.07) is 9.05. The summed E-state index contributed by atoms with van der Waals surface area (Å²) in [4.78, 5) is 24.7. The van der Waals surface area contributed by atoms with Crippen molar-refractivity contribution in [1.29, 1.82) is 0 Å². The molecule has 77 valence electrons. The summed E-state index contributed by atoms with van der Waals surface area (Å²) >= 11 is 0. The maximum atomic E-state index is 11.9. The average molecular weight is 202 g/mol. The number of carbonyl (C=O) groups excluding carboxylic acids is 2. The zero-order chi connectivity index (χ0) is 10.7. The summed E-state index contributed by atoms with van der Waals surface area (Å²) in [7, 11) is 0. The molecule has 1 fully saturated rings. The van der Waals surface area contributed by atoms with E-state index in [1.54, 1.807) is 23.5 Å². The molecule has 0 N–H and O–H groups in total. The summed E-state index contributed by atoms with van der Waals surface area (Å²) in [6.07, 6.45) is 2.31. The maximum Gasteiger partial charge on any atom is 0.254 e. The second kappa shape index (κ2) is 4.26. The Hall–Kier alpha value is -1.64. The van der Waals surface area contributed by atoms with E-state index < -0.39 is 0 Å². The van der Waals surface area contributed by atoms with Crippen molar-refractivity contribution in [3.63, 3.8) is 0 Å². The Morgan fingerprint density at radius 1 is 1.20 bits per heavy atom. The Kier molecular flexibility index (Phi) is 2.81. The van der Waals surface area contributed by atoms with Crippen LogP contribution >= 0.6 is 0 Å². The Labute approximate surface area is 88.7 Å². The Bertz CT molecular complexity index is 372. The highest BCUT2D eigenvalue weighted by Gasteiger charge is 2.22. The summed E-state index contributed by atoms with van der Waals surface area (Å²) < 4.78 is 0. The lowest BCUT2D eigenvalue weighted by molar-refractivity contribution is -0.117. The highest BCUT2D eigenvalue weighted by molar-refractivity contribution is 5.99. The molecule has 3 heteroatoms. The van der Waals surface area contributed by atoms with Crippen LogP contribution in [0.15, 0.2) is 30.3 Å². The molecular weight excluding hydrogens is 190 g/mol. The van der Waals surface area contributed by atoms with Crippen LogP contribution in [0, 0.1) is 6.42 Å². The third-order valence-electron chi connectivity index (χ3n) is 2.43. The van der Waals surface area contributed by atoms with Gasteiger partial charge in [-0.2, -0.15) is 0 Å². The lowest BCUT2D eigenvalue weighted by Crippen LogP contribution is -2.40. The first-order valence-electron chi connectivity index (χ1n) is 4.98. The van der Waals surface area contributed by atoms with Gasteiger partial charge >= 0.3 is 0 Å². The minimum absolute atomic E-state index is 0.0329. The van der Waals surface area contributed by atoms with Gasteiger partial charge in [0.25, 0.3) is 5.91 Å². The molecule has 1 aromatic rings. The Morgan fingerprint density at radius 3 is 2.60 bits per heavy atom. The second-order valence-corrected chi connectivity index (χ2v) is 3.55. The van der Waals surface area contributed by atoms with Gasteiger partial charge in [-0.3, -0.25) is 9.59 Å². The molecule has 0 unspecified atom stereocenters. The Morgan fingerprint density at radius 2 is 1.93 bits per heavy atom. The van der Waals surface area contributed by atoms with Crippen molar-refractivity contribution in [1.82, 2.24) is 4.90 Å². The van der Waals surface area contributed by atoms with Gasteiger partial charge in [0.2, 0.25) is 0 Å². The fraction of sp³-hybridized carbons (Fsp3) is 0.250. The average Bonchev–Trinajstić information content (AvgIpc) is 2.29. The van der Waals surface area contributed by atoms with E-state index in [9.17, 15) is 9.59 Å². The van der Waals surface area contributed by atoms with Crippen LogP contribution in [0.2, 0.25) is 0 Å². The number of hydrogen-bond donors (Lipinski definition) is 0. The molecule has 1 amide bonds. The van der Waals surface area contributed by atoms with E-state index in [1.165, 1.54) is 0 Å². The van der Waals surface area contributed by atoms with E-state index in [0.717, 1.165) is 0 Å².